The van der Waals surface area contributed by atoms with Crippen LogP contribution < -0.4 is 9.47 Å². The fourth-order valence-electron chi connectivity index (χ4n) is 3.21. The van der Waals surface area contributed by atoms with Crippen LogP contribution in [0.2, 0.25) is 0 Å². The average Bonchev–Trinajstić information content (AvgIpc) is 2.85. The summed E-state index contributed by atoms with van der Waals surface area (Å²) in [6.07, 6.45) is 6.92. The van der Waals surface area contributed by atoms with E-state index in [1.807, 2.05) is 74.8 Å². The van der Waals surface area contributed by atoms with Gasteiger partial charge in [0.1, 0.15) is 24.3 Å². The summed E-state index contributed by atoms with van der Waals surface area (Å²) in [4.78, 5) is 9.04. The maximum atomic E-state index is 14.0. The first kappa shape index (κ1) is 23.7. The lowest BCUT2D eigenvalue weighted by molar-refractivity contribution is 0.145. The number of nitrogens with zero attached hydrogens (tertiary/aromatic N) is 2. The molecule has 0 amide bonds. The van der Waals surface area contributed by atoms with Gasteiger partial charge in [0.05, 0.1) is 6.61 Å². The number of alkyl halides is 1. The highest BCUT2D eigenvalue weighted by Gasteiger charge is 2.15. The summed E-state index contributed by atoms with van der Waals surface area (Å²) in [5, 5.41) is 0. The molecule has 0 radical (unpaired) electrons. The molecule has 0 saturated heterocycles. The van der Waals surface area contributed by atoms with Gasteiger partial charge in [-0.15, -0.1) is 0 Å². The maximum Gasteiger partial charge on any atom is 0.159 e. The van der Waals surface area contributed by atoms with Gasteiger partial charge in [-0.1, -0.05) is 52.2 Å². The molecular weight excluding hydrogens is 403 g/mol. The molecule has 0 N–H and O–H groups in total. The van der Waals surface area contributed by atoms with Crippen molar-refractivity contribution < 1.29 is 13.9 Å². The molecule has 0 aliphatic heterocycles. The van der Waals surface area contributed by atoms with Crippen molar-refractivity contribution in [2.24, 2.45) is 5.92 Å². The molecule has 32 heavy (non-hydrogen) atoms. The van der Waals surface area contributed by atoms with Gasteiger partial charge in [-0.2, -0.15) is 0 Å². The smallest absolute Gasteiger partial charge is 0.159 e. The number of rotatable bonds is 12. The second-order valence-electron chi connectivity index (χ2n) is 8.11. The SMILES string of the molecule is CCCCCOc1ccc(-c2ncc(-c3ccc(OCC(F)C(C)CC)cc3)cn2)cc1. The highest BCUT2D eigenvalue weighted by molar-refractivity contribution is 5.64. The summed E-state index contributed by atoms with van der Waals surface area (Å²) in [7, 11) is 0. The van der Waals surface area contributed by atoms with Gasteiger partial charge in [0.15, 0.2) is 5.82 Å². The van der Waals surface area contributed by atoms with Crippen molar-refractivity contribution >= 4 is 0 Å². The third-order valence-electron chi connectivity index (χ3n) is 5.64. The minimum atomic E-state index is -0.956. The molecule has 0 saturated carbocycles. The van der Waals surface area contributed by atoms with Crippen LogP contribution in [0.3, 0.4) is 0 Å². The van der Waals surface area contributed by atoms with Gasteiger partial charge in [-0.3, -0.25) is 0 Å². The summed E-state index contributed by atoms with van der Waals surface area (Å²) < 4.78 is 25.3. The monoisotopic (exact) mass is 436 g/mol. The minimum Gasteiger partial charge on any atom is -0.494 e. The Labute approximate surface area is 190 Å². The molecule has 4 nitrogen and oxygen atoms in total. The number of hydrogen-bond donors (Lipinski definition) is 0. The van der Waals surface area contributed by atoms with Crippen molar-refractivity contribution in [2.75, 3.05) is 13.2 Å². The van der Waals surface area contributed by atoms with E-state index in [0.29, 0.717) is 11.6 Å². The van der Waals surface area contributed by atoms with Gasteiger partial charge in [-0.05, 0) is 54.3 Å². The summed E-state index contributed by atoms with van der Waals surface area (Å²) in [6.45, 7) is 6.89. The zero-order valence-electron chi connectivity index (χ0n) is 19.3. The number of benzene rings is 2. The van der Waals surface area contributed by atoms with Gasteiger partial charge in [0.25, 0.3) is 0 Å². The van der Waals surface area contributed by atoms with E-state index in [1.54, 1.807) is 0 Å². The molecule has 5 heteroatoms. The van der Waals surface area contributed by atoms with Crippen molar-refractivity contribution in [1.29, 1.82) is 0 Å². The van der Waals surface area contributed by atoms with Gasteiger partial charge in [0.2, 0.25) is 0 Å². The molecule has 3 rings (SSSR count). The Hall–Kier alpha value is -2.95. The Morgan fingerprint density at radius 3 is 1.97 bits per heavy atom. The van der Waals surface area contributed by atoms with Crippen molar-refractivity contribution in [3.8, 4) is 34.0 Å². The van der Waals surface area contributed by atoms with Gasteiger partial charge >= 0.3 is 0 Å². The van der Waals surface area contributed by atoms with E-state index in [0.717, 1.165) is 41.9 Å². The molecule has 0 aliphatic rings. The third-order valence-corrected chi connectivity index (χ3v) is 5.64. The van der Waals surface area contributed by atoms with Crippen LogP contribution in [0.25, 0.3) is 22.5 Å². The summed E-state index contributed by atoms with van der Waals surface area (Å²) in [5.74, 6) is 2.20. The third kappa shape index (κ3) is 6.78. The molecule has 0 fully saturated rings. The van der Waals surface area contributed by atoms with Crippen LogP contribution in [0.1, 0.15) is 46.5 Å². The predicted octanol–water partition coefficient (Wildman–Crippen LogP) is 7.14. The summed E-state index contributed by atoms with van der Waals surface area (Å²) >= 11 is 0. The number of halogens is 1. The van der Waals surface area contributed by atoms with E-state index >= 15 is 0 Å². The molecule has 1 heterocycles. The largest absolute Gasteiger partial charge is 0.494 e. The molecule has 1 aromatic heterocycles. The van der Waals surface area contributed by atoms with Crippen LogP contribution in [0.5, 0.6) is 11.5 Å². The van der Waals surface area contributed by atoms with Crippen molar-refractivity contribution in [3.63, 3.8) is 0 Å². The summed E-state index contributed by atoms with van der Waals surface area (Å²) in [6, 6.07) is 15.5. The Bertz CT molecular complexity index is 927. The zero-order valence-corrected chi connectivity index (χ0v) is 19.3. The molecule has 0 bridgehead atoms. The molecule has 170 valence electrons. The molecule has 3 aromatic rings. The average molecular weight is 437 g/mol. The predicted molar refractivity (Wildman–Crippen MR) is 128 cm³/mol. The molecule has 0 aliphatic carbocycles. The van der Waals surface area contributed by atoms with E-state index in [9.17, 15) is 4.39 Å². The second-order valence-corrected chi connectivity index (χ2v) is 8.11. The van der Waals surface area contributed by atoms with Crippen molar-refractivity contribution in [2.45, 2.75) is 52.6 Å². The minimum absolute atomic E-state index is 0.000499. The zero-order chi connectivity index (χ0) is 22.8. The standard InChI is InChI=1S/C27H33FN2O2/c1-4-6-7-16-31-24-14-10-22(11-15-24)27-29-17-23(18-30-27)21-8-12-25(13-9-21)32-19-26(28)20(3)5-2/h8-15,17-18,20,26H,4-7,16,19H2,1-3H3. The first-order chi connectivity index (χ1) is 15.6. The number of aromatic nitrogens is 2. The van der Waals surface area contributed by atoms with Crippen LogP contribution in [-0.2, 0) is 0 Å². The van der Waals surface area contributed by atoms with Gasteiger partial charge in [-0.25, -0.2) is 14.4 Å². The quantitative estimate of drug-likeness (QED) is 0.283. The normalized spacial score (nSPS) is 12.9. The Kier molecular flexibility index (Phi) is 9.02. The second kappa shape index (κ2) is 12.2. The van der Waals surface area contributed by atoms with Gasteiger partial charge in [0, 0.05) is 23.5 Å². The number of unbranched alkanes of at least 4 members (excludes halogenated alkanes) is 2. The van der Waals surface area contributed by atoms with E-state index < -0.39 is 6.17 Å². The Morgan fingerprint density at radius 2 is 1.38 bits per heavy atom. The van der Waals surface area contributed by atoms with E-state index in [4.69, 9.17) is 9.47 Å². The fraction of sp³-hybridized carbons (Fsp3) is 0.407. The first-order valence-corrected chi connectivity index (χ1v) is 11.5. The molecule has 2 aromatic carbocycles. The Balaban J connectivity index is 1.57. The number of hydrogen-bond acceptors (Lipinski definition) is 4. The van der Waals surface area contributed by atoms with Crippen molar-refractivity contribution in [1.82, 2.24) is 9.97 Å². The first-order valence-electron chi connectivity index (χ1n) is 11.5. The van der Waals surface area contributed by atoms with E-state index in [1.165, 1.54) is 12.8 Å². The lowest BCUT2D eigenvalue weighted by Crippen LogP contribution is -2.20. The molecule has 0 spiro atoms. The molecule has 2 atom stereocenters. The van der Waals surface area contributed by atoms with Crippen LogP contribution in [0, 0.1) is 5.92 Å². The lowest BCUT2D eigenvalue weighted by Gasteiger charge is -2.15. The lowest BCUT2D eigenvalue weighted by atomic mass is 10.0. The molecule has 2 unspecified atom stereocenters. The highest BCUT2D eigenvalue weighted by Crippen LogP contribution is 2.24. The summed E-state index contributed by atoms with van der Waals surface area (Å²) in [5.41, 5.74) is 2.85. The Morgan fingerprint density at radius 1 is 0.781 bits per heavy atom. The topological polar surface area (TPSA) is 44.2 Å². The van der Waals surface area contributed by atoms with Crippen LogP contribution in [0.15, 0.2) is 60.9 Å². The van der Waals surface area contributed by atoms with Gasteiger partial charge < -0.3 is 9.47 Å². The molecular formula is C27H33FN2O2. The fourth-order valence-corrected chi connectivity index (χ4v) is 3.21. The van der Waals surface area contributed by atoms with Crippen LogP contribution in [-0.4, -0.2) is 29.4 Å². The maximum absolute atomic E-state index is 14.0. The van der Waals surface area contributed by atoms with E-state index in [-0.39, 0.29) is 12.5 Å². The van der Waals surface area contributed by atoms with Crippen LogP contribution >= 0.6 is 0 Å². The van der Waals surface area contributed by atoms with Crippen molar-refractivity contribution in [3.05, 3.63) is 60.9 Å². The highest BCUT2D eigenvalue weighted by atomic mass is 19.1. The van der Waals surface area contributed by atoms with E-state index in [2.05, 4.69) is 16.9 Å². The number of ether oxygens (including phenoxy) is 2. The van der Waals surface area contributed by atoms with Crippen LogP contribution in [0.4, 0.5) is 4.39 Å².